The predicted molar refractivity (Wildman–Crippen MR) is 63.8 cm³/mol. The van der Waals surface area contributed by atoms with Gasteiger partial charge < -0.3 is 15.1 Å². The Morgan fingerprint density at radius 3 is 2.39 bits per heavy atom. The van der Waals surface area contributed by atoms with Crippen LogP contribution in [0.3, 0.4) is 0 Å². The van der Waals surface area contributed by atoms with Crippen LogP contribution in [0.1, 0.15) is 38.5 Å². The molecule has 2 aliphatic rings. The van der Waals surface area contributed by atoms with Crippen molar-refractivity contribution in [3.05, 3.63) is 0 Å². The van der Waals surface area contributed by atoms with Crippen LogP contribution < -0.4 is 5.32 Å². The maximum atomic E-state index is 12.1. The van der Waals surface area contributed by atoms with E-state index in [1.54, 1.807) is 0 Å². The van der Waals surface area contributed by atoms with Crippen molar-refractivity contribution in [2.75, 3.05) is 13.2 Å². The zero-order valence-electron chi connectivity index (χ0n) is 10.4. The highest BCUT2D eigenvalue weighted by molar-refractivity contribution is 6.07. The van der Waals surface area contributed by atoms with Crippen molar-refractivity contribution in [1.82, 2.24) is 10.2 Å². The van der Waals surface area contributed by atoms with E-state index >= 15 is 0 Å². The van der Waals surface area contributed by atoms with Gasteiger partial charge in [-0.25, -0.2) is 4.79 Å². The van der Waals surface area contributed by atoms with Gasteiger partial charge in [0.1, 0.15) is 5.54 Å². The van der Waals surface area contributed by atoms with Gasteiger partial charge in [0, 0.05) is 0 Å². The molecule has 6 heteroatoms. The molecule has 3 amide bonds. The Morgan fingerprint density at radius 1 is 1.22 bits per heavy atom. The van der Waals surface area contributed by atoms with Gasteiger partial charge in [-0.05, 0) is 12.8 Å². The normalized spacial score (nSPS) is 25.1. The van der Waals surface area contributed by atoms with Gasteiger partial charge in [0.15, 0.2) is 0 Å². The lowest BCUT2D eigenvalue weighted by molar-refractivity contribution is -0.127. The number of nitrogens with zero attached hydrogens (tertiary/aromatic N) is 1. The highest BCUT2D eigenvalue weighted by Gasteiger charge is 2.52. The quantitative estimate of drug-likeness (QED) is 0.619. The molecule has 3 N–H and O–H groups in total. The summed E-state index contributed by atoms with van der Waals surface area (Å²) in [5.41, 5.74) is -0.802. The van der Waals surface area contributed by atoms with Crippen molar-refractivity contribution in [3.8, 4) is 0 Å². The van der Waals surface area contributed by atoms with Crippen LogP contribution >= 0.6 is 0 Å². The smallest absolute Gasteiger partial charge is 0.325 e. The van der Waals surface area contributed by atoms with Crippen LogP contribution in [-0.2, 0) is 4.79 Å². The Hall–Kier alpha value is -1.14. The number of aliphatic hydroxyl groups is 2. The summed E-state index contributed by atoms with van der Waals surface area (Å²) in [7, 11) is 0. The van der Waals surface area contributed by atoms with E-state index in [1.807, 2.05) is 0 Å². The molecular formula is C12H20N2O4. The van der Waals surface area contributed by atoms with E-state index in [9.17, 15) is 14.7 Å². The third kappa shape index (κ3) is 2.22. The topological polar surface area (TPSA) is 89.9 Å². The number of hydrogen-bond acceptors (Lipinski definition) is 4. The van der Waals surface area contributed by atoms with Crippen LogP contribution in [0.5, 0.6) is 0 Å². The molecule has 2 fully saturated rings. The fourth-order valence-electron chi connectivity index (χ4n) is 2.93. The van der Waals surface area contributed by atoms with E-state index in [0.29, 0.717) is 12.8 Å². The maximum absolute atomic E-state index is 12.1. The molecule has 1 saturated carbocycles. The largest absolute Gasteiger partial charge is 0.394 e. The van der Waals surface area contributed by atoms with Crippen molar-refractivity contribution in [2.45, 2.75) is 50.2 Å². The number of carbonyl (C=O) groups is 2. The zero-order valence-corrected chi connectivity index (χ0v) is 10.4. The summed E-state index contributed by atoms with van der Waals surface area (Å²) in [5, 5.41) is 20.8. The Morgan fingerprint density at radius 2 is 1.83 bits per heavy atom. The third-order valence-electron chi connectivity index (χ3n) is 3.94. The number of urea groups is 1. The van der Waals surface area contributed by atoms with Crippen LogP contribution in [0.25, 0.3) is 0 Å². The van der Waals surface area contributed by atoms with E-state index in [4.69, 9.17) is 5.11 Å². The number of nitrogens with one attached hydrogen (secondary N) is 1. The molecule has 1 aliphatic heterocycles. The second-order valence-corrected chi connectivity index (χ2v) is 5.15. The van der Waals surface area contributed by atoms with E-state index in [0.717, 1.165) is 25.7 Å². The van der Waals surface area contributed by atoms with E-state index in [1.165, 1.54) is 4.90 Å². The minimum absolute atomic E-state index is 0.00801. The fourth-order valence-corrected chi connectivity index (χ4v) is 2.93. The van der Waals surface area contributed by atoms with Gasteiger partial charge in [-0.1, -0.05) is 25.7 Å². The Bertz CT molecular complexity index is 337. The van der Waals surface area contributed by atoms with Crippen LogP contribution in [-0.4, -0.2) is 51.8 Å². The molecule has 2 rings (SSSR count). The predicted octanol–water partition coefficient (Wildman–Crippen LogP) is -0.0156. The summed E-state index contributed by atoms with van der Waals surface area (Å²) in [5.74, 6) is -0.250. The molecule has 1 unspecified atom stereocenters. The Labute approximate surface area is 106 Å². The molecule has 1 atom stereocenters. The van der Waals surface area contributed by atoms with Gasteiger partial charge in [-0.15, -0.1) is 0 Å². The van der Waals surface area contributed by atoms with E-state index in [2.05, 4.69) is 5.32 Å². The average molecular weight is 256 g/mol. The summed E-state index contributed by atoms with van der Waals surface area (Å²) in [4.78, 5) is 25.3. The van der Waals surface area contributed by atoms with Crippen LogP contribution in [0.4, 0.5) is 4.79 Å². The summed E-state index contributed by atoms with van der Waals surface area (Å²) in [6, 6.07) is -0.450. The summed E-state index contributed by atoms with van der Waals surface area (Å²) >= 11 is 0. The first-order valence-electron chi connectivity index (χ1n) is 6.52. The van der Waals surface area contributed by atoms with Gasteiger partial charge >= 0.3 is 6.03 Å². The minimum atomic E-state index is -0.998. The molecule has 0 aromatic carbocycles. The van der Waals surface area contributed by atoms with Crippen LogP contribution in [0.15, 0.2) is 0 Å². The van der Waals surface area contributed by atoms with Gasteiger partial charge in [0.2, 0.25) is 0 Å². The monoisotopic (exact) mass is 256 g/mol. The molecular weight excluding hydrogens is 236 g/mol. The first-order valence-corrected chi connectivity index (χ1v) is 6.52. The summed E-state index contributed by atoms with van der Waals surface area (Å²) in [6.07, 6.45) is 4.24. The van der Waals surface area contributed by atoms with E-state index < -0.39 is 24.3 Å². The highest BCUT2D eigenvalue weighted by Crippen LogP contribution is 2.36. The fraction of sp³-hybridized carbons (Fsp3) is 0.833. The molecule has 6 nitrogen and oxygen atoms in total. The number of hydrogen-bond donors (Lipinski definition) is 3. The van der Waals surface area contributed by atoms with Crippen molar-refractivity contribution >= 4 is 11.9 Å². The molecule has 0 aromatic heterocycles. The molecule has 0 bridgehead atoms. The standard InChI is InChI=1S/C12H20N2O4/c15-8-9(16)7-14-11(18)13-10(17)12(14)5-3-1-2-4-6-12/h9,15-16H,1-8H2,(H,13,17,18). The molecule has 0 aromatic rings. The van der Waals surface area contributed by atoms with E-state index in [-0.39, 0.29) is 12.5 Å². The minimum Gasteiger partial charge on any atom is -0.394 e. The number of imide groups is 1. The SMILES string of the molecule is O=C1NC(=O)C2(CCCCCC2)N1CC(O)CO. The van der Waals surface area contributed by atoms with Gasteiger partial charge in [0.25, 0.3) is 5.91 Å². The Kier molecular flexibility index (Phi) is 3.87. The molecule has 1 saturated heterocycles. The van der Waals surface area contributed by atoms with Crippen molar-refractivity contribution in [3.63, 3.8) is 0 Å². The van der Waals surface area contributed by atoms with Crippen molar-refractivity contribution in [2.24, 2.45) is 0 Å². The summed E-state index contributed by atoms with van der Waals surface area (Å²) < 4.78 is 0. The Balaban J connectivity index is 2.22. The summed E-state index contributed by atoms with van der Waals surface area (Å²) in [6.45, 7) is -0.401. The number of β-amino-alcohol motifs (C(OH)–C–C–N with tert-alkyl or cyclic N) is 1. The van der Waals surface area contributed by atoms with Gasteiger partial charge in [-0.3, -0.25) is 10.1 Å². The molecule has 18 heavy (non-hydrogen) atoms. The molecule has 102 valence electrons. The zero-order chi connectivity index (χ0) is 13.2. The lowest BCUT2D eigenvalue weighted by atomic mass is 9.88. The van der Waals surface area contributed by atoms with Crippen molar-refractivity contribution < 1.29 is 19.8 Å². The second-order valence-electron chi connectivity index (χ2n) is 5.15. The molecule has 0 radical (unpaired) electrons. The van der Waals surface area contributed by atoms with Gasteiger partial charge in [-0.2, -0.15) is 0 Å². The third-order valence-corrected chi connectivity index (χ3v) is 3.94. The average Bonchev–Trinajstić information content (AvgIpc) is 2.55. The molecule has 1 spiro atoms. The first-order chi connectivity index (χ1) is 8.60. The molecule has 1 aliphatic carbocycles. The second kappa shape index (κ2) is 5.24. The van der Waals surface area contributed by atoms with Crippen LogP contribution in [0, 0.1) is 0 Å². The van der Waals surface area contributed by atoms with Crippen LogP contribution in [0.2, 0.25) is 0 Å². The number of aliphatic hydroxyl groups excluding tert-OH is 2. The van der Waals surface area contributed by atoms with Gasteiger partial charge in [0.05, 0.1) is 19.3 Å². The lowest BCUT2D eigenvalue weighted by Gasteiger charge is -2.35. The maximum Gasteiger partial charge on any atom is 0.325 e. The number of rotatable bonds is 3. The highest BCUT2D eigenvalue weighted by atomic mass is 16.3. The number of carbonyl (C=O) groups excluding carboxylic acids is 2. The number of amides is 3. The first kappa shape index (κ1) is 13.3. The lowest BCUT2D eigenvalue weighted by Crippen LogP contribution is -2.52. The van der Waals surface area contributed by atoms with Crippen molar-refractivity contribution in [1.29, 1.82) is 0 Å². The molecule has 1 heterocycles.